The molecular weight excluding hydrogens is 615 g/mol. The van der Waals surface area contributed by atoms with Crippen LogP contribution in [0.1, 0.15) is 29.9 Å². The van der Waals surface area contributed by atoms with Crippen LogP contribution in [0.3, 0.4) is 0 Å². The first-order valence-electron chi connectivity index (χ1n) is 12.2. The number of hydrogen-bond donors (Lipinski definition) is 3. The molecule has 0 spiro atoms. The van der Waals surface area contributed by atoms with Crippen LogP contribution < -0.4 is 60.5 Å². The molecule has 15 nitrogen and oxygen atoms in total. The van der Waals surface area contributed by atoms with E-state index in [9.17, 15) is 29.1 Å². The third-order valence-electron chi connectivity index (χ3n) is 5.94. The second kappa shape index (κ2) is 14.7. The van der Waals surface area contributed by atoms with Gasteiger partial charge >= 0.3 is 41.5 Å². The van der Waals surface area contributed by atoms with Gasteiger partial charge in [-0.1, -0.05) is 5.16 Å². The molecule has 2 amide bonds. The van der Waals surface area contributed by atoms with Crippen molar-refractivity contribution in [3.05, 3.63) is 46.1 Å². The molecule has 2 atom stereocenters. The summed E-state index contributed by atoms with van der Waals surface area (Å²) in [5, 5.41) is 22.7. The van der Waals surface area contributed by atoms with Crippen LogP contribution in [0.15, 0.2) is 40.0 Å². The first-order valence-corrected chi connectivity index (χ1v) is 14.1. The minimum atomic E-state index is -1.42. The zero-order valence-corrected chi connectivity index (χ0v) is 27.1. The molecule has 43 heavy (non-hydrogen) atoms. The van der Waals surface area contributed by atoms with Gasteiger partial charge < -0.3 is 45.5 Å². The summed E-state index contributed by atoms with van der Waals surface area (Å²) in [7, 11) is 1.29. The standard InChI is InChI=1S/C25H26N6O9S2.Na/c1-11(32)39-17-5-4-13(6-18(17)40-12(2)33)21(34)27-7-14-9-41-23-15(8-31(23)20(14)24(36)37)28-22(35)19(30-38-3)16-10-42-25(26)29-16;/h4-6,10,15,23H,7-9H2,1-3H3,(H2,26,29)(H,27,34)(H,28,35)(H,36,37);/q;+1/p-1. The zero-order valence-electron chi connectivity index (χ0n) is 23.5. The number of carboxylic acids is 1. The number of anilines is 1. The number of thiazole rings is 1. The molecule has 2 aliphatic heterocycles. The number of thioether (sulfide) groups is 1. The molecule has 1 aromatic heterocycles. The summed E-state index contributed by atoms with van der Waals surface area (Å²) in [6.45, 7) is 2.39. The number of amides is 2. The molecule has 2 aliphatic rings. The van der Waals surface area contributed by atoms with Gasteiger partial charge in [-0.15, -0.1) is 23.1 Å². The van der Waals surface area contributed by atoms with E-state index in [2.05, 4.69) is 20.8 Å². The van der Waals surface area contributed by atoms with Gasteiger partial charge in [0.05, 0.1) is 23.1 Å². The van der Waals surface area contributed by atoms with Crippen LogP contribution in [0.25, 0.3) is 0 Å². The third-order valence-corrected chi connectivity index (χ3v) is 8.06. The van der Waals surface area contributed by atoms with Crippen LogP contribution in [0.5, 0.6) is 11.5 Å². The van der Waals surface area contributed by atoms with Crippen molar-refractivity contribution in [3.8, 4) is 11.5 Å². The number of aliphatic carboxylic acids is 1. The van der Waals surface area contributed by atoms with Gasteiger partial charge in [-0.05, 0) is 23.8 Å². The van der Waals surface area contributed by atoms with Crippen LogP contribution >= 0.6 is 23.1 Å². The predicted molar refractivity (Wildman–Crippen MR) is 148 cm³/mol. The summed E-state index contributed by atoms with van der Waals surface area (Å²) >= 11 is 2.52. The predicted octanol–water partition coefficient (Wildman–Crippen LogP) is -3.76. The number of nitrogen functional groups attached to an aromatic ring is 1. The first kappa shape index (κ1) is 33.9. The van der Waals surface area contributed by atoms with E-state index in [0.717, 1.165) is 18.3 Å². The minimum absolute atomic E-state index is 0. The molecule has 222 valence electrons. The van der Waals surface area contributed by atoms with E-state index in [0.29, 0.717) is 5.57 Å². The maximum absolute atomic E-state index is 12.9. The summed E-state index contributed by atoms with van der Waals surface area (Å²) in [4.78, 5) is 71.1. The Bertz CT molecular complexity index is 1510. The summed E-state index contributed by atoms with van der Waals surface area (Å²) in [5.41, 5.74) is 6.26. The molecule has 3 heterocycles. The number of nitrogens with two attached hydrogens (primary N) is 1. The van der Waals surface area contributed by atoms with E-state index in [1.54, 1.807) is 10.3 Å². The number of fused-ring (bicyclic) bond motifs is 1. The topological polar surface area (TPSA) is 215 Å². The molecule has 1 saturated heterocycles. The average molecular weight is 641 g/mol. The molecule has 2 aromatic rings. The van der Waals surface area contributed by atoms with E-state index in [-0.39, 0.29) is 87.7 Å². The number of carbonyl (C=O) groups excluding carboxylic acids is 5. The van der Waals surface area contributed by atoms with E-state index in [1.807, 2.05) is 0 Å². The van der Waals surface area contributed by atoms with Gasteiger partial charge in [0.1, 0.15) is 12.8 Å². The molecule has 0 bridgehead atoms. The van der Waals surface area contributed by atoms with Crippen LogP contribution in [0.4, 0.5) is 5.13 Å². The van der Waals surface area contributed by atoms with Gasteiger partial charge in [0.2, 0.25) is 0 Å². The Kier molecular flexibility index (Phi) is 11.6. The fraction of sp³-hybridized carbons (Fsp3) is 0.320. The van der Waals surface area contributed by atoms with Gasteiger partial charge in [-0.2, -0.15) is 0 Å². The number of ether oxygens (including phenoxy) is 2. The number of esters is 2. The summed E-state index contributed by atoms with van der Waals surface area (Å²) < 4.78 is 10.1. The third kappa shape index (κ3) is 8.05. The molecule has 0 saturated carbocycles. The van der Waals surface area contributed by atoms with Crippen molar-refractivity contribution >= 4 is 63.7 Å². The van der Waals surface area contributed by atoms with E-state index >= 15 is 0 Å². The molecule has 1 aromatic carbocycles. The maximum Gasteiger partial charge on any atom is 1.00 e. The molecule has 0 aliphatic carbocycles. The number of rotatable bonds is 10. The second-order valence-electron chi connectivity index (χ2n) is 8.90. The number of carboxylic acid groups (broad SMARTS) is 1. The van der Waals surface area contributed by atoms with Crippen molar-refractivity contribution < 1.29 is 72.9 Å². The summed E-state index contributed by atoms with van der Waals surface area (Å²) in [6, 6.07) is 3.49. The number of carbonyl (C=O) groups is 5. The normalized spacial score (nSPS) is 17.5. The van der Waals surface area contributed by atoms with Crippen LogP contribution in [-0.2, 0) is 24.0 Å². The fourth-order valence-electron chi connectivity index (χ4n) is 4.22. The Hall–Kier alpha value is -3.64. The number of hydrogen-bond acceptors (Lipinski definition) is 15. The van der Waals surface area contributed by atoms with Crippen LogP contribution in [0.2, 0.25) is 0 Å². The number of nitrogens with zero attached hydrogens (tertiary/aromatic N) is 3. The fourth-order valence-corrected chi connectivity index (χ4v) is 6.14. The van der Waals surface area contributed by atoms with Crippen molar-refractivity contribution in [2.24, 2.45) is 5.16 Å². The Morgan fingerprint density at radius 1 is 1.16 bits per heavy atom. The van der Waals surface area contributed by atoms with Crippen LogP contribution in [-0.4, -0.2) is 82.7 Å². The SMILES string of the molecule is CON=C(C(=O)NC1CN2C(C(=O)[O-])=C(CNC(=O)c3ccc(OC(C)=O)c(OC(C)=O)c3)CSC12)c1csc(N)n1.[Na+]. The smallest absolute Gasteiger partial charge is 0.543 e. The number of aromatic nitrogens is 1. The van der Waals surface area contributed by atoms with E-state index in [4.69, 9.17) is 20.0 Å². The quantitative estimate of drug-likeness (QED) is 0.0749. The molecular formula is C25H25N6NaO9S2. The molecule has 1 fully saturated rings. The summed E-state index contributed by atoms with van der Waals surface area (Å²) in [5.74, 6) is -3.81. The van der Waals surface area contributed by atoms with Crippen molar-refractivity contribution in [1.29, 1.82) is 0 Å². The van der Waals surface area contributed by atoms with Gasteiger partial charge in [0.15, 0.2) is 22.3 Å². The molecule has 4 N–H and O–H groups in total. The molecule has 2 unspecified atom stereocenters. The molecule has 0 radical (unpaired) electrons. The van der Waals surface area contributed by atoms with Crippen molar-refractivity contribution in [1.82, 2.24) is 20.5 Å². The van der Waals surface area contributed by atoms with Crippen LogP contribution in [0, 0.1) is 0 Å². The Balaban J connectivity index is 0.00000506. The molecule has 18 heteroatoms. The van der Waals surface area contributed by atoms with Gasteiger partial charge in [0, 0.05) is 43.6 Å². The van der Waals surface area contributed by atoms with E-state index in [1.165, 1.54) is 44.0 Å². The maximum atomic E-state index is 12.9. The van der Waals surface area contributed by atoms with Gasteiger partial charge in [-0.3, -0.25) is 19.2 Å². The monoisotopic (exact) mass is 640 g/mol. The number of oxime groups is 1. The number of benzene rings is 1. The Labute approximate surface area is 275 Å². The Morgan fingerprint density at radius 3 is 2.47 bits per heavy atom. The van der Waals surface area contributed by atoms with E-state index < -0.39 is 41.1 Å². The largest absolute Gasteiger partial charge is 1.00 e. The van der Waals surface area contributed by atoms with Gasteiger partial charge in [0.25, 0.3) is 11.8 Å². The second-order valence-corrected chi connectivity index (χ2v) is 10.9. The zero-order chi connectivity index (χ0) is 30.6. The van der Waals surface area contributed by atoms with Crippen molar-refractivity contribution in [2.75, 3.05) is 31.7 Å². The van der Waals surface area contributed by atoms with Crippen molar-refractivity contribution in [2.45, 2.75) is 25.3 Å². The molecule has 4 rings (SSSR count). The average Bonchev–Trinajstić information content (AvgIpc) is 3.34. The summed E-state index contributed by atoms with van der Waals surface area (Å²) in [6.07, 6.45) is 0. The first-order chi connectivity index (χ1) is 20.0. The van der Waals surface area contributed by atoms with Gasteiger partial charge in [-0.25, -0.2) is 4.98 Å². The minimum Gasteiger partial charge on any atom is -0.543 e. The van der Waals surface area contributed by atoms with Crippen molar-refractivity contribution in [3.63, 3.8) is 0 Å². The Morgan fingerprint density at radius 2 is 1.86 bits per heavy atom. The number of nitrogens with one attached hydrogen (secondary N) is 2.